The van der Waals surface area contributed by atoms with Crippen LogP contribution in [-0.4, -0.2) is 43.8 Å². The Bertz CT molecular complexity index is 1250. The molecular formula is C24H26FN3O5S. The van der Waals surface area contributed by atoms with Gasteiger partial charge in [0, 0.05) is 37.2 Å². The maximum absolute atomic E-state index is 13.1. The first-order chi connectivity index (χ1) is 16.4. The van der Waals surface area contributed by atoms with E-state index in [9.17, 15) is 17.6 Å². The number of nitrogens with one attached hydrogen (secondary N) is 1. The summed E-state index contributed by atoms with van der Waals surface area (Å²) in [6.45, 7) is 0.941. The van der Waals surface area contributed by atoms with Crippen molar-refractivity contribution in [2.24, 2.45) is 0 Å². The average molecular weight is 488 g/mol. The molecule has 2 heterocycles. The molecule has 0 unspecified atom stereocenters. The van der Waals surface area contributed by atoms with E-state index in [0.29, 0.717) is 36.0 Å². The van der Waals surface area contributed by atoms with Crippen LogP contribution in [0.2, 0.25) is 0 Å². The van der Waals surface area contributed by atoms with Crippen LogP contribution in [0, 0.1) is 5.82 Å². The number of sulfonamides is 1. The number of aromatic nitrogens is 1. The Morgan fingerprint density at radius 1 is 1.15 bits per heavy atom. The zero-order chi connectivity index (χ0) is 24.1. The highest BCUT2D eigenvalue weighted by atomic mass is 32.2. The molecule has 1 amide bonds. The molecule has 0 saturated carbocycles. The summed E-state index contributed by atoms with van der Waals surface area (Å²) in [5.41, 5.74) is 1.05. The first-order valence-corrected chi connectivity index (χ1v) is 12.5. The van der Waals surface area contributed by atoms with E-state index in [-0.39, 0.29) is 35.2 Å². The van der Waals surface area contributed by atoms with E-state index >= 15 is 0 Å². The molecular weight excluding hydrogens is 461 g/mol. The zero-order valence-corrected chi connectivity index (χ0v) is 19.6. The number of carbonyl (C=O) groups excluding carboxylic acids is 1. The van der Waals surface area contributed by atoms with Crippen LogP contribution in [0.1, 0.15) is 31.6 Å². The Kier molecular flexibility index (Phi) is 7.28. The van der Waals surface area contributed by atoms with Gasteiger partial charge in [0.15, 0.2) is 11.7 Å². The number of methoxy groups -OCH3 is 1. The van der Waals surface area contributed by atoms with E-state index in [1.54, 1.807) is 18.2 Å². The Morgan fingerprint density at radius 2 is 1.88 bits per heavy atom. The van der Waals surface area contributed by atoms with E-state index in [2.05, 4.69) is 10.3 Å². The third kappa shape index (κ3) is 5.45. The molecule has 1 aromatic heterocycles. The second kappa shape index (κ2) is 10.4. The van der Waals surface area contributed by atoms with Crippen LogP contribution in [0.5, 0.6) is 5.75 Å². The summed E-state index contributed by atoms with van der Waals surface area (Å²) >= 11 is 0. The van der Waals surface area contributed by atoms with Gasteiger partial charge in [-0.25, -0.2) is 17.8 Å². The number of rotatable bonds is 8. The van der Waals surface area contributed by atoms with E-state index < -0.39 is 10.0 Å². The number of benzene rings is 2. The SMILES string of the molecule is COc1ccc(NC(=O)CCc2ncc(-c3ccc(F)cc3)o2)cc1S(=O)(=O)N1CCCCC1. The van der Waals surface area contributed by atoms with Gasteiger partial charge in [0.05, 0.1) is 13.3 Å². The molecule has 1 saturated heterocycles. The number of piperidine rings is 1. The molecule has 0 radical (unpaired) electrons. The lowest BCUT2D eigenvalue weighted by Gasteiger charge is -2.26. The van der Waals surface area contributed by atoms with Crippen molar-refractivity contribution in [3.63, 3.8) is 0 Å². The minimum absolute atomic E-state index is 0.0336. The van der Waals surface area contributed by atoms with Gasteiger partial charge in [-0.3, -0.25) is 4.79 Å². The van der Waals surface area contributed by atoms with Crippen LogP contribution in [0.25, 0.3) is 11.3 Å². The van der Waals surface area contributed by atoms with Gasteiger partial charge in [0.2, 0.25) is 15.9 Å². The van der Waals surface area contributed by atoms with E-state index in [4.69, 9.17) is 9.15 Å². The number of carbonyl (C=O) groups is 1. The molecule has 180 valence electrons. The summed E-state index contributed by atoms with van der Waals surface area (Å²) in [5.74, 6) is 0.436. The third-order valence-corrected chi connectivity index (χ3v) is 7.55. The van der Waals surface area contributed by atoms with Crippen molar-refractivity contribution >= 4 is 21.6 Å². The van der Waals surface area contributed by atoms with Gasteiger partial charge in [-0.2, -0.15) is 4.31 Å². The van der Waals surface area contributed by atoms with Crippen LogP contribution >= 0.6 is 0 Å². The fourth-order valence-corrected chi connectivity index (χ4v) is 5.52. The molecule has 0 aliphatic carbocycles. The molecule has 1 aliphatic rings. The predicted octanol–water partition coefficient (Wildman–Crippen LogP) is 4.24. The van der Waals surface area contributed by atoms with Crippen LogP contribution in [0.15, 0.2) is 58.0 Å². The highest BCUT2D eigenvalue weighted by Crippen LogP contribution is 2.31. The minimum Gasteiger partial charge on any atom is -0.495 e. The second-order valence-electron chi connectivity index (χ2n) is 8.00. The molecule has 0 spiro atoms. The van der Waals surface area contributed by atoms with Gasteiger partial charge in [0.25, 0.3) is 0 Å². The second-order valence-corrected chi connectivity index (χ2v) is 9.91. The molecule has 1 fully saturated rings. The standard InChI is InChI=1S/C24H26FN3O5S/c1-32-20-10-9-19(15-22(20)34(30,31)28-13-3-2-4-14-28)27-23(29)11-12-24-26-16-21(33-24)17-5-7-18(25)8-6-17/h5-10,15-16H,2-4,11-14H2,1H3,(H,27,29). The molecule has 1 N–H and O–H groups in total. The highest BCUT2D eigenvalue weighted by molar-refractivity contribution is 7.89. The Labute approximate surface area is 197 Å². The van der Waals surface area contributed by atoms with E-state index in [1.807, 2.05) is 0 Å². The number of halogens is 1. The molecule has 2 aromatic carbocycles. The van der Waals surface area contributed by atoms with Crippen LogP contribution in [0.3, 0.4) is 0 Å². The fourth-order valence-electron chi connectivity index (χ4n) is 3.82. The van der Waals surface area contributed by atoms with Gasteiger partial charge in [-0.15, -0.1) is 0 Å². The van der Waals surface area contributed by atoms with Gasteiger partial charge >= 0.3 is 0 Å². The summed E-state index contributed by atoms with van der Waals surface area (Å²) < 4.78 is 51.8. The molecule has 1 aliphatic heterocycles. The zero-order valence-electron chi connectivity index (χ0n) is 18.8. The third-order valence-electron chi connectivity index (χ3n) is 5.63. The molecule has 0 bridgehead atoms. The lowest BCUT2D eigenvalue weighted by Crippen LogP contribution is -2.35. The van der Waals surface area contributed by atoms with Gasteiger partial charge in [-0.1, -0.05) is 6.42 Å². The summed E-state index contributed by atoms with van der Waals surface area (Å²) in [6, 6.07) is 10.4. The predicted molar refractivity (Wildman–Crippen MR) is 124 cm³/mol. The number of aryl methyl sites for hydroxylation is 1. The van der Waals surface area contributed by atoms with Crippen LogP contribution in [-0.2, 0) is 21.2 Å². The lowest BCUT2D eigenvalue weighted by molar-refractivity contribution is -0.116. The molecule has 4 rings (SSSR count). The van der Waals surface area contributed by atoms with E-state index in [1.165, 1.54) is 41.9 Å². The van der Waals surface area contributed by atoms with Crippen molar-refractivity contribution in [1.29, 1.82) is 0 Å². The average Bonchev–Trinajstić information content (AvgIpc) is 3.33. The van der Waals surface area contributed by atoms with Crippen molar-refractivity contribution in [1.82, 2.24) is 9.29 Å². The lowest BCUT2D eigenvalue weighted by atomic mass is 10.2. The Morgan fingerprint density at radius 3 is 2.59 bits per heavy atom. The number of hydrogen-bond donors (Lipinski definition) is 1. The molecule has 0 atom stereocenters. The van der Waals surface area contributed by atoms with Crippen molar-refractivity contribution in [2.45, 2.75) is 37.0 Å². The van der Waals surface area contributed by atoms with Crippen LogP contribution < -0.4 is 10.1 Å². The number of amides is 1. The molecule has 10 heteroatoms. The first kappa shape index (κ1) is 23.9. The molecule has 34 heavy (non-hydrogen) atoms. The Balaban J connectivity index is 1.41. The number of anilines is 1. The first-order valence-electron chi connectivity index (χ1n) is 11.1. The summed E-state index contributed by atoms with van der Waals surface area (Å²) in [6.07, 6.45) is 4.52. The van der Waals surface area contributed by atoms with Crippen molar-refractivity contribution in [3.8, 4) is 17.1 Å². The number of nitrogens with zero attached hydrogens (tertiary/aromatic N) is 2. The highest BCUT2D eigenvalue weighted by Gasteiger charge is 2.29. The van der Waals surface area contributed by atoms with Gasteiger partial charge in [-0.05, 0) is 55.3 Å². The summed E-state index contributed by atoms with van der Waals surface area (Å²) in [7, 11) is -2.32. The smallest absolute Gasteiger partial charge is 0.246 e. The van der Waals surface area contributed by atoms with Gasteiger partial charge < -0.3 is 14.5 Å². The molecule has 3 aromatic rings. The van der Waals surface area contributed by atoms with E-state index in [0.717, 1.165) is 19.3 Å². The monoisotopic (exact) mass is 487 g/mol. The normalized spacial score (nSPS) is 14.6. The van der Waals surface area contributed by atoms with Crippen molar-refractivity contribution in [3.05, 3.63) is 60.4 Å². The number of ether oxygens (including phenoxy) is 1. The van der Waals surface area contributed by atoms with Crippen molar-refractivity contribution < 1.29 is 26.8 Å². The van der Waals surface area contributed by atoms with Gasteiger partial charge in [0.1, 0.15) is 16.5 Å². The fraction of sp³-hybridized carbons (Fsp3) is 0.333. The summed E-state index contributed by atoms with van der Waals surface area (Å²) in [5, 5.41) is 2.74. The van der Waals surface area contributed by atoms with Crippen LogP contribution in [0.4, 0.5) is 10.1 Å². The maximum Gasteiger partial charge on any atom is 0.246 e. The molecule has 8 nitrogen and oxygen atoms in total. The number of hydrogen-bond acceptors (Lipinski definition) is 6. The quantitative estimate of drug-likeness (QED) is 0.510. The minimum atomic E-state index is -3.74. The maximum atomic E-state index is 13.1. The topological polar surface area (TPSA) is 102 Å². The summed E-state index contributed by atoms with van der Waals surface area (Å²) in [4.78, 5) is 16.7. The Hall–Kier alpha value is -3.24. The number of oxazole rings is 1. The van der Waals surface area contributed by atoms with Crippen molar-refractivity contribution in [2.75, 3.05) is 25.5 Å². The largest absolute Gasteiger partial charge is 0.495 e.